The summed E-state index contributed by atoms with van der Waals surface area (Å²) in [5, 5.41) is 15.7. The SMILES string of the molecule is Cc1cc(Nc2ccccc2C(=O)O)nc(Nc2ccccc2C(C)C)n1. The van der Waals surface area contributed by atoms with Crippen molar-refractivity contribution in [3.63, 3.8) is 0 Å². The van der Waals surface area contributed by atoms with Gasteiger partial charge in [0.15, 0.2) is 0 Å². The molecule has 3 rings (SSSR count). The van der Waals surface area contributed by atoms with Crippen molar-refractivity contribution in [3.8, 4) is 0 Å². The van der Waals surface area contributed by atoms with Crippen LogP contribution in [0.25, 0.3) is 0 Å². The molecule has 0 aliphatic rings. The van der Waals surface area contributed by atoms with Crippen LogP contribution in [0.4, 0.5) is 23.1 Å². The summed E-state index contributed by atoms with van der Waals surface area (Å²) in [6.07, 6.45) is 0. The average Bonchev–Trinajstić information content (AvgIpc) is 2.61. The molecule has 27 heavy (non-hydrogen) atoms. The number of aryl methyl sites for hydroxylation is 1. The topological polar surface area (TPSA) is 87.1 Å². The van der Waals surface area contributed by atoms with Crippen LogP contribution in [-0.2, 0) is 0 Å². The van der Waals surface area contributed by atoms with Gasteiger partial charge in [-0.05, 0) is 36.6 Å². The number of hydrogen-bond donors (Lipinski definition) is 3. The lowest BCUT2D eigenvalue weighted by Gasteiger charge is -2.15. The lowest BCUT2D eigenvalue weighted by atomic mass is 10.0. The number of nitrogens with one attached hydrogen (secondary N) is 2. The third-order valence-corrected chi connectivity index (χ3v) is 4.10. The van der Waals surface area contributed by atoms with Crippen LogP contribution in [0.15, 0.2) is 54.6 Å². The zero-order valence-corrected chi connectivity index (χ0v) is 15.5. The molecule has 0 spiro atoms. The van der Waals surface area contributed by atoms with Crippen LogP contribution in [0.2, 0.25) is 0 Å². The van der Waals surface area contributed by atoms with E-state index in [1.165, 1.54) is 5.56 Å². The standard InChI is InChI=1S/C21H22N4O2/c1-13(2)15-8-4-6-10-17(15)24-21-22-14(3)12-19(25-21)23-18-11-7-5-9-16(18)20(26)27/h4-13H,1-3H3,(H,26,27)(H2,22,23,24,25). The van der Waals surface area contributed by atoms with Gasteiger partial charge in [0.05, 0.1) is 11.3 Å². The number of para-hydroxylation sites is 2. The van der Waals surface area contributed by atoms with Gasteiger partial charge >= 0.3 is 5.97 Å². The van der Waals surface area contributed by atoms with Gasteiger partial charge in [0.1, 0.15) is 5.82 Å². The van der Waals surface area contributed by atoms with Crippen molar-refractivity contribution in [3.05, 3.63) is 71.4 Å². The lowest BCUT2D eigenvalue weighted by Crippen LogP contribution is -2.06. The summed E-state index contributed by atoms with van der Waals surface area (Å²) in [7, 11) is 0. The largest absolute Gasteiger partial charge is 0.478 e. The molecular weight excluding hydrogens is 340 g/mol. The molecule has 3 aromatic rings. The normalized spacial score (nSPS) is 10.7. The summed E-state index contributed by atoms with van der Waals surface area (Å²) in [6, 6.07) is 16.5. The minimum atomic E-state index is -0.993. The molecule has 0 fully saturated rings. The molecule has 0 saturated heterocycles. The third-order valence-electron chi connectivity index (χ3n) is 4.10. The quantitative estimate of drug-likeness (QED) is 0.566. The number of anilines is 4. The molecule has 138 valence electrons. The van der Waals surface area contributed by atoms with E-state index in [0.29, 0.717) is 23.4 Å². The first kappa shape index (κ1) is 18.4. The Morgan fingerprint density at radius 2 is 1.63 bits per heavy atom. The molecule has 0 bridgehead atoms. The van der Waals surface area contributed by atoms with Crippen LogP contribution in [0.1, 0.15) is 41.4 Å². The first-order valence-electron chi connectivity index (χ1n) is 8.75. The maximum Gasteiger partial charge on any atom is 0.337 e. The highest BCUT2D eigenvalue weighted by atomic mass is 16.4. The molecular formula is C21H22N4O2. The molecule has 0 atom stereocenters. The molecule has 1 aromatic heterocycles. The molecule has 3 N–H and O–H groups in total. The Labute approximate surface area is 158 Å². The van der Waals surface area contributed by atoms with Crippen LogP contribution in [0, 0.1) is 6.92 Å². The van der Waals surface area contributed by atoms with Gasteiger partial charge < -0.3 is 15.7 Å². The van der Waals surface area contributed by atoms with E-state index < -0.39 is 5.97 Å². The van der Waals surface area contributed by atoms with E-state index in [1.54, 1.807) is 30.3 Å². The maximum absolute atomic E-state index is 11.4. The van der Waals surface area contributed by atoms with Gasteiger partial charge in [0, 0.05) is 17.4 Å². The molecule has 2 aromatic carbocycles. The fraction of sp³-hybridized carbons (Fsp3) is 0.190. The number of aromatic carboxylic acids is 1. The monoisotopic (exact) mass is 362 g/mol. The van der Waals surface area contributed by atoms with Gasteiger partial charge in [-0.2, -0.15) is 4.98 Å². The van der Waals surface area contributed by atoms with Crippen molar-refractivity contribution in [2.24, 2.45) is 0 Å². The lowest BCUT2D eigenvalue weighted by molar-refractivity contribution is 0.0698. The number of carbonyl (C=O) groups is 1. The van der Waals surface area contributed by atoms with Crippen LogP contribution in [0.3, 0.4) is 0 Å². The Hall–Kier alpha value is -3.41. The highest BCUT2D eigenvalue weighted by Crippen LogP contribution is 2.27. The van der Waals surface area contributed by atoms with Gasteiger partial charge in [-0.1, -0.05) is 44.2 Å². The van der Waals surface area contributed by atoms with Crippen molar-refractivity contribution < 1.29 is 9.90 Å². The molecule has 0 radical (unpaired) electrons. The zero-order valence-electron chi connectivity index (χ0n) is 15.5. The number of nitrogens with zero attached hydrogens (tertiary/aromatic N) is 2. The first-order chi connectivity index (χ1) is 12.9. The van der Waals surface area contributed by atoms with E-state index in [4.69, 9.17) is 0 Å². The van der Waals surface area contributed by atoms with Crippen molar-refractivity contribution in [1.82, 2.24) is 9.97 Å². The van der Waals surface area contributed by atoms with E-state index >= 15 is 0 Å². The number of carboxylic acids is 1. The molecule has 0 amide bonds. The molecule has 0 aliphatic carbocycles. The molecule has 1 heterocycles. The minimum Gasteiger partial charge on any atom is -0.478 e. The van der Waals surface area contributed by atoms with E-state index in [2.05, 4.69) is 40.5 Å². The minimum absolute atomic E-state index is 0.188. The smallest absolute Gasteiger partial charge is 0.337 e. The number of rotatable bonds is 6. The molecule has 6 heteroatoms. The summed E-state index contributed by atoms with van der Waals surface area (Å²) in [5.74, 6) is 0.353. The molecule has 0 saturated carbocycles. The van der Waals surface area contributed by atoms with Crippen molar-refractivity contribution in [2.75, 3.05) is 10.6 Å². The Kier molecular flexibility index (Phi) is 5.35. The Balaban J connectivity index is 1.91. The van der Waals surface area contributed by atoms with E-state index in [9.17, 15) is 9.90 Å². The fourth-order valence-electron chi connectivity index (χ4n) is 2.84. The van der Waals surface area contributed by atoms with Crippen LogP contribution in [-0.4, -0.2) is 21.0 Å². The Morgan fingerprint density at radius 1 is 0.963 bits per heavy atom. The summed E-state index contributed by atoms with van der Waals surface area (Å²) in [6.45, 7) is 6.14. The van der Waals surface area contributed by atoms with Gasteiger partial charge in [0.25, 0.3) is 0 Å². The predicted octanol–water partition coefficient (Wildman–Crippen LogP) is 5.09. The van der Waals surface area contributed by atoms with E-state index in [0.717, 1.165) is 11.4 Å². The van der Waals surface area contributed by atoms with Crippen LogP contribution >= 0.6 is 0 Å². The maximum atomic E-state index is 11.4. The fourth-order valence-corrected chi connectivity index (χ4v) is 2.84. The second-order valence-corrected chi connectivity index (χ2v) is 6.56. The van der Waals surface area contributed by atoms with Gasteiger partial charge in [-0.25, -0.2) is 9.78 Å². The summed E-state index contributed by atoms with van der Waals surface area (Å²) < 4.78 is 0. The van der Waals surface area contributed by atoms with Crippen molar-refractivity contribution in [1.29, 1.82) is 0 Å². The summed E-state index contributed by atoms with van der Waals surface area (Å²) >= 11 is 0. The second kappa shape index (κ2) is 7.86. The summed E-state index contributed by atoms with van der Waals surface area (Å²) in [5.41, 5.74) is 3.57. The molecule has 0 aliphatic heterocycles. The highest BCUT2D eigenvalue weighted by molar-refractivity contribution is 5.95. The average molecular weight is 362 g/mol. The number of carboxylic acid groups (broad SMARTS) is 1. The van der Waals surface area contributed by atoms with Crippen LogP contribution in [0.5, 0.6) is 0 Å². The van der Waals surface area contributed by atoms with Gasteiger partial charge in [0.2, 0.25) is 5.95 Å². The molecule has 0 unspecified atom stereocenters. The Morgan fingerprint density at radius 3 is 2.33 bits per heavy atom. The van der Waals surface area contributed by atoms with Crippen LogP contribution < -0.4 is 10.6 Å². The van der Waals surface area contributed by atoms with Crippen molar-refractivity contribution >= 4 is 29.1 Å². The van der Waals surface area contributed by atoms with E-state index in [1.807, 2.05) is 25.1 Å². The number of benzene rings is 2. The number of aromatic nitrogens is 2. The third kappa shape index (κ3) is 4.41. The van der Waals surface area contributed by atoms with E-state index in [-0.39, 0.29) is 5.56 Å². The second-order valence-electron chi connectivity index (χ2n) is 6.56. The van der Waals surface area contributed by atoms with Gasteiger partial charge in [-0.15, -0.1) is 0 Å². The predicted molar refractivity (Wildman–Crippen MR) is 107 cm³/mol. The zero-order chi connectivity index (χ0) is 19.4. The molecule has 6 nitrogen and oxygen atoms in total. The summed E-state index contributed by atoms with van der Waals surface area (Å²) in [4.78, 5) is 20.4. The Bertz CT molecular complexity index is 970. The highest BCUT2D eigenvalue weighted by Gasteiger charge is 2.12. The van der Waals surface area contributed by atoms with Gasteiger partial charge in [-0.3, -0.25) is 0 Å². The number of hydrogen-bond acceptors (Lipinski definition) is 5. The first-order valence-corrected chi connectivity index (χ1v) is 8.75. The van der Waals surface area contributed by atoms with Crippen molar-refractivity contribution in [2.45, 2.75) is 26.7 Å².